The average Bonchev–Trinajstić information content (AvgIpc) is 2.15. The SMILES string of the molecule is N#Cc1c(F)cc(O)cc1C(=O)CCl. The van der Waals surface area contributed by atoms with Gasteiger partial charge in [-0.3, -0.25) is 4.79 Å². The van der Waals surface area contributed by atoms with Crippen molar-refractivity contribution < 1.29 is 14.3 Å². The van der Waals surface area contributed by atoms with Gasteiger partial charge in [-0.2, -0.15) is 5.26 Å². The number of hydrogen-bond acceptors (Lipinski definition) is 3. The van der Waals surface area contributed by atoms with Gasteiger partial charge in [0.1, 0.15) is 17.6 Å². The second kappa shape index (κ2) is 4.07. The fourth-order valence-corrected chi connectivity index (χ4v) is 1.14. The number of phenolic OH excluding ortho intramolecular Hbond substituents is 1. The van der Waals surface area contributed by atoms with Crippen LogP contribution in [-0.4, -0.2) is 16.8 Å². The molecule has 0 aliphatic rings. The van der Waals surface area contributed by atoms with Crippen molar-refractivity contribution in [3.8, 4) is 11.8 Å². The van der Waals surface area contributed by atoms with Crippen molar-refractivity contribution >= 4 is 17.4 Å². The Hall–Kier alpha value is -1.60. The van der Waals surface area contributed by atoms with Gasteiger partial charge in [-0.25, -0.2) is 4.39 Å². The molecule has 1 rings (SSSR count). The number of rotatable bonds is 2. The van der Waals surface area contributed by atoms with Crippen LogP contribution in [-0.2, 0) is 0 Å². The first-order valence-electron chi connectivity index (χ1n) is 3.62. The Kier molecular flexibility index (Phi) is 3.05. The number of benzene rings is 1. The number of halogens is 2. The number of ketones is 1. The molecule has 0 atom stereocenters. The number of hydrogen-bond donors (Lipinski definition) is 1. The highest BCUT2D eigenvalue weighted by atomic mass is 35.5. The Bertz CT molecular complexity index is 426. The first-order chi connectivity index (χ1) is 6.60. The van der Waals surface area contributed by atoms with Gasteiger partial charge >= 0.3 is 0 Å². The summed E-state index contributed by atoms with van der Waals surface area (Å²) in [6.07, 6.45) is 0. The van der Waals surface area contributed by atoms with E-state index in [-0.39, 0.29) is 11.4 Å². The monoisotopic (exact) mass is 213 g/mol. The molecular formula is C9H5ClFNO2. The predicted molar refractivity (Wildman–Crippen MR) is 47.8 cm³/mol. The highest BCUT2D eigenvalue weighted by molar-refractivity contribution is 6.30. The lowest BCUT2D eigenvalue weighted by Gasteiger charge is -2.02. The molecule has 0 aliphatic heterocycles. The van der Waals surface area contributed by atoms with Crippen LogP contribution >= 0.6 is 11.6 Å². The molecule has 0 fully saturated rings. The van der Waals surface area contributed by atoms with Crippen LogP contribution in [0.3, 0.4) is 0 Å². The minimum atomic E-state index is -0.930. The molecule has 0 radical (unpaired) electrons. The summed E-state index contributed by atoms with van der Waals surface area (Å²) in [5.41, 5.74) is -0.589. The molecule has 0 amide bonds. The van der Waals surface area contributed by atoms with Crippen LogP contribution in [0.2, 0.25) is 0 Å². The van der Waals surface area contributed by atoms with Crippen LogP contribution in [0.1, 0.15) is 15.9 Å². The predicted octanol–water partition coefficient (Wildman–Crippen LogP) is 1.82. The van der Waals surface area contributed by atoms with Crippen LogP contribution in [0.5, 0.6) is 5.75 Å². The van der Waals surface area contributed by atoms with Crippen molar-refractivity contribution in [2.24, 2.45) is 0 Å². The van der Waals surface area contributed by atoms with Crippen molar-refractivity contribution in [1.82, 2.24) is 0 Å². The lowest BCUT2D eigenvalue weighted by atomic mass is 10.0. The van der Waals surface area contributed by atoms with Crippen molar-refractivity contribution in [2.75, 3.05) is 5.88 Å². The fraction of sp³-hybridized carbons (Fsp3) is 0.111. The molecule has 0 saturated heterocycles. The maximum Gasteiger partial charge on any atom is 0.179 e. The number of nitrogens with zero attached hydrogens (tertiary/aromatic N) is 1. The topological polar surface area (TPSA) is 61.1 Å². The largest absolute Gasteiger partial charge is 0.508 e. The lowest BCUT2D eigenvalue weighted by molar-refractivity contribution is 0.102. The van der Waals surface area contributed by atoms with E-state index in [4.69, 9.17) is 22.0 Å². The van der Waals surface area contributed by atoms with E-state index in [1.165, 1.54) is 0 Å². The van der Waals surface area contributed by atoms with E-state index in [2.05, 4.69) is 0 Å². The van der Waals surface area contributed by atoms with Gasteiger partial charge in [0.15, 0.2) is 5.78 Å². The van der Waals surface area contributed by atoms with E-state index < -0.39 is 22.9 Å². The van der Waals surface area contributed by atoms with Crippen molar-refractivity contribution in [1.29, 1.82) is 5.26 Å². The van der Waals surface area contributed by atoms with E-state index in [0.29, 0.717) is 0 Å². The van der Waals surface area contributed by atoms with Gasteiger partial charge in [0.2, 0.25) is 0 Å². The van der Waals surface area contributed by atoms with Crippen LogP contribution in [0, 0.1) is 17.1 Å². The van der Waals surface area contributed by atoms with Crippen molar-refractivity contribution in [3.05, 3.63) is 29.1 Å². The minimum absolute atomic E-state index is 0.194. The molecule has 0 saturated carbocycles. The molecule has 1 aromatic rings. The highest BCUT2D eigenvalue weighted by Gasteiger charge is 2.15. The van der Waals surface area contributed by atoms with E-state index >= 15 is 0 Å². The summed E-state index contributed by atoms with van der Waals surface area (Å²) >= 11 is 5.26. The van der Waals surface area contributed by atoms with Gasteiger partial charge in [-0.05, 0) is 6.07 Å². The molecule has 0 aliphatic carbocycles. The van der Waals surface area contributed by atoms with E-state index in [1.54, 1.807) is 6.07 Å². The molecule has 0 unspecified atom stereocenters. The Balaban J connectivity index is 3.41. The number of carbonyl (C=O) groups is 1. The minimum Gasteiger partial charge on any atom is -0.508 e. The van der Waals surface area contributed by atoms with Gasteiger partial charge in [-0.15, -0.1) is 11.6 Å². The second-order valence-corrected chi connectivity index (χ2v) is 2.79. The standard InChI is InChI=1S/C9H5ClFNO2/c10-3-9(14)6-1-5(13)2-8(11)7(6)4-12/h1-2,13H,3H2. The van der Waals surface area contributed by atoms with Crippen LogP contribution in [0.25, 0.3) is 0 Å². The first-order valence-corrected chi connectivity index (χ1v) is 4.15. The van der Waals surface area contributed by atoms with Crippen LogP contribution < -0.4 is 0 Å². The molecule has 0 spiro atoms. The van der Waals surface area contributed by atoms with Gasteiger partial charge < -0.3 is 5.11 Å². The molecular weight excluding hydrogens is 209 g/mol. The summed E-state index contributed by atoms with van der Waals surface area (Å²) in [6.45, 7) is 0. The summed E-state index contributed by atoms with van der Waals surface area (Å²) in [6, 6.07) is 3.33. The summed E-state index contributed by atoms with van der Waals surface area (Å²) in [7, 11) is 0. The third-order valence-corrected chi connectivity index (χ3v) is 1.85. The Morgan fingerprint density at radius 2 is 2.29 bits per heavy atom. The van der Waals surface area contributed by atoms with Crippen LogP contribution in [0.15, 0.2) is 12.1 Å². The molecule has 0 heterocycles. The van der Waals surface area contributed by atoms with Gasteiger partial charge in [0.25, 0.3) is 0 Å². The molecule has 5 heteroatoms. The van der Waals surface area contributed by atoms with Gasteiger partial charge in [0, 0.05) is 11.6 Å². The molecule has 0 aromatic heterocycles. The molecule has 14 heavy (non-hydrogen) atoms. The Labute approximate surface area is 84.3 Å². The lowest BCUT2D eigenvalue weighted by Crippen LogP contribution is -2.05. The van der Waals surface area contributed by atoms with E-state index in [0.717, 1.165) is 12.1 Å². The third kappa shape index (κ3) is 1.83. The molecule has 1 N–H and O–H groups in total. The molecule has 72 valence electrons. The fourth-order valence-electron chi connectivity index (χ4n) is 0.998. The summed E-state index contributed by atoms with van der Waals surface area (Å²) in [5.74, 6) is -2.30. The number of phenols is 1. The van der Waals surface area contributed by atoms with Crippen LogP contribution in [0.4, 0.5) is 4.39 Å². The average molecular weight is 214 g/mol. The third-order valence-electron chi connectivity index (χ3n) is 1.61. The molecule has 0 bridgehead atoms. The maximum atomic E-state index is 13.0. The van der Waals surface area contributed by atoms with Crippen molar-refractivity contribution in [2.45, 2.75) is 0 Å². The maximum absolute atomic E-state index is 13.0. The quantitative estimate of drug-likeness (QED) is 0.602. The van der Waals surface area contributed by atoms with E-state index in [9.17, 15) is 9.18 Å². The second-order valence-electron chi connectivity index (χ2n) is 2.52. The number of carbonyl (C=O) groups excluding carboxylic acids is 1. The zero-order chi connectivity index (χ0) is 10.7. The number of Topliss-reactive ketones (excluding diaryl/α,β-unsaturated/α-hetero) is 1. The zero-order valence-electron chi connectivity index (χ0n) is 6.92. The normalized spacial score (nSPS) is 9.50. The number of alkyl halides is 1. The molecule has 3 nitrogen and oxygen atoms in total. The summed E-state index contributed by atoms with van der Waals surface area (Å²) < 4.78 is 13.0. The van der Waals surface area contributed by atoms with Crippen molar-refractivity contribution in [3.63, 3.8) is 0 Å². The summed E-state index contributed by atoms with van der Waals surface area (Å²) in [5, 5.41) is 17.6. The highest BCUT2D eigenvalue weighted by Crippen LogP contribution is 2.20. The first kappa shape index (κ1) is 10.5. The van der Waals surface area contributed by atoms with E-state index in [1.807, 2.05) is 0 Å². The molecule has 1 aromatic carbocycles. The Morgan fingerprint density at radius 3 is 2.79 bits per heavy atom. The number of aromatic hydroxyl groups is 1. The summed E-state index contributed by atoms with van der Waals surface area (Å²) in [4.78, 5) is 11.1. The van der Waals surface area contributed by atoms with Gasteiger partial charge in [-0.1, -0.05) is 0 Å². The van der Waals surface area contributed by atoms with Gasteiger partial charge in [0.05, 0.1) is 11.4 Å². The number of nitriles is 1. The zero-order valence-corrected chi connectivity index (χ0v) is 7.68. The Morgan fingerprint density at radius 1 is 1.64 bits per heavy atom. The smallest absolute Gasteiger partial charge is 0.179 e.